The van der Waals surface area contributed by atoms with Gasteiger partial charge < -0.3 is 14.9 Å². The summed E-state index contributed by atoms with van der Waals surface area (Å²) in [5, 5.41) is 18.0. The van der Waals surface area contributed by atoms with Crippen molar-refractivity contribution in [3.05, 3.63) is 23.3 Å². The van der Waals surface area contributed by atoms with E-state index in [4.69, 9.17) is 9.84 Å². The fourth-order valence-corrected chi connectivity index (χ4v) is 4.98. The minimum absolute atomic E-state index is 0.0830. The summed E-state index contributed by atoms with van der Waals surface area (Å²) in [5.41, 5.74) is 1.16. The molecule has 5 atom stereocenters. The fraction of sp³-hybridized carbons (Fsp3) is 0.696. The van der Waals surface area contributed by atoms with Gasteiger partial charge in [-0.3, -0.25) is 9.59 Å². The number of carbonyl (C=O) groups excluding carboxylic acids is 3. The largest absolute Gasteiger partial charge is 0.460 e. The summed E-state index contributed by atoms with van der Waals surface area (Å²) < 4.78 is 4.92. The molecule has 2 N–H and O–H groups in total. The molecule has 2 aliphatic carbocycles. The lowest BCUT2D eigenvalue weighted by molar-refractivity contribution is -0.145. The van der Waals surface area contributed by atoms with Gasteiger partial charge in [-0.25, -0.2) is 4.79 Å². The van der Waals surface area contributed by atoms with Crippen LogP contribution in [0.4, 0.5) is 0 Å². The number of aliphatic hydroxyl groups excluding tert-OH is 2. The number of hydrogen-bond acceptors (Lipinski definition) is 6. The van der Waals surface area contributed by atoms with E-state index in [1.165, 1.54) is 6.08 Å². The first-order valence-corrected chi connectivity index (χ1v) is 10.3. The van der Waals surface area contributed by atoms with Crippen LogP contribution >= 0.6 is 0 Å². The van der Waals surface area contributed by atoms with Crippen LogP contribution in [-0.2, 0) is 19.1 Å². The number of esters is 1. The summed E-state index contributed by atoms with van der Waals surface area (Å²) in [6, 6.07) is 0. The van der Waals surface area contributed by atoms with E-state index in [9.17, 15) is 19.5 Å². The van der Waals surface area contributed by atoms with Gasteiger partial charge in [-0.15, -0.1) is 0 Å². The van der Waals surface area contributed by atoms with Crippen LogP contribution in [0.3, 0.4) is 0 Å². The van der Waals surface area contributed by atoms with Gasteiger partial charge in [0.1, 0.15) is 18.5 Å². The number of Topliss-reactive ketones (excluding diaryl/α,β-unsaturated/α-hetero) is 1. The van der Waals surface area contributed by atoms with Gasteiger partial charge in [0.05, 0.1) is 6.61 Å². The molecule has 2 rings (SSSR count). The Morgan fingerprint density at radius 1 is 1.38 bits per heavy atom. The minimum Gasteiger partial charge on any atom is -0.460 e. The summed E-state index contributed by atoms with van der Waals surface area (Å²) >= 11 is 0. The van der Waals surface area contributed by atoms with Crippen molar-refractivity contribution in [2.45, 2.75) is 66.4 Å². The van der Waals surface area contributed by atoms with Gasteiger partial charge in [0.2, 0.25) is 0 Å². The molecule has 0 aromatic carbocycles. The molecular weight excluding hydrogens is 372 g/mol. The van der Waals surface area contributed by atoms with Crippen LogP contribution in [0.15, 0.2) is 23.3 Å². The van der Waals surface area contributed by atoms with Crippen LogP contribution in [0.2, 0.25) is 0 Å². The van der Waals surface area contributed by atoms with E-state index in [0.717, 1.165) is 11.1 Å². The number of hydrogen-bond donors (Lipinski definition) is 2. The Hall–Kier alpha value is -1.79. The molecule has 162 valence electrons. The van der Waals surface area contributed by atoms with Crippen LogP contribution in [0.25, 0.3) is 0 Å². The van der Waals surface area contributed by atoms with E-state index in [1.807, 2.05) is 20.8 Å². The van der Waals surface area contributed by atoms with Gasteiger partial charge in [0.25, 0.3) is 0 Å². The zero-order valence-electron chi connectivity index (χ0n) is 18.2. The van der Waals surface area contributed by atoms with Gasteiger partial charge >= 0.3 is 5.97 Å². The third kappa shape index (κ3) is 4.86. The Kier molecular flexibility index (Phi) is 7.23. The first kappa shape index (κ1) is 23.5. The van der Waals surface area contributed by atoms with Crippen molar-refractivity contribution in [2.24, 2.45) is 22.7 Å². The first-order valence-electron chi connectivity index (χ1n) is 10.3. The van der Waals surface area contributed by atoms with Crippen LogP contribution < -0.4 is 0 Å². The first-order chi connectivity index (χ1) is 13.4. The van der Waals surface area contributed by atoms with Crippen molar-refractivity contribution in [1.82, 2.24) is 0 Å². The summed E-state index contributed by atoms with van der Waals surface area (Å²) in [7, 11) is 0. The van der Waals surface area contributed by atoms with Gasteiger partial charge in [-0.1, -0.05) is 31.9 Å². The fourth-order valence-electron chi connectivity index (χ4n) is 4.98. The van der Waals surface area contributed by atoms with Crippen molar-refractivity contribution in [1.29, 1.82) is 0 Å². The molecule has 1 saturated carbocycles. The molecule has 0 aliphatic heterocycles. The van der Waals surface area contributed by atoms with Crippen molar-refractivity contribution in [2.75, 3.05) is 13.2 Å². The molecular formula is C23H34O6. The van der Waals surface area contributed by atoms with E-state index in [1.54, 1.807) is 6.08 Å². The zero-order chi connectivity index (χ0) is 22.0. The highest BCUT2D eigenvalue weighted by molar-refractivity contribution is 5.93. The second kappa shape index (κ2) is 8.92. The number of rotatable bonds is 7. The summed E-state index contributed by atoms with van der Waals surface area (Å²) in [6.07, 6.45) is 4.22. The molecule has 1 fully saturated rings. The highest BCUT2D eigenvalue weighted by Gasteiger charge is 2.57. The van der Waals surface area contributed by atoms with E-state index < -0.39 is 18.7 Å². The smallest absolute Gasteiger partial charge is 0.330 e. The van der Waals surface area contributed by atoms with Crippen LogP contribution in [0.5, 0.6) is 0 Å². The van der Waals surface area contributed by atoms with E-state index in [2.05, 4.69) is 13.8 Å². The maximum atomic E-state index is 12.9. The van der Waals surface area contributed by atoms with Gasteiger partial charge in [-0.2, -0.15) is 0 Å². The minimum atomic E-state index is -1.08. The Labute approximate surface area is 173 Å². The molecule has 0 amide bonds. The third-order valence-electron chi connectivity index (χ3n) is 7.31. The topological polar surface area (TPSA) is 101 Å². The molecule has 0 heterocycles. The standard InChI is InChI=1S/C23H34O6/c1-14(8-21(28)29-13-18(26)12-24)6-7-22(4)16(3)19(27)11-23(5)15(2)9-17(25)10-20(22)23/h8-9,16,18,20,24,26H,6-7,10-13H2,1-5H3. The van der Waals surface area contributed by atoms with Gasteiger partial charge in [0.15, 0.2) is 5.78 Å². The Bertz CT molecular complexity index is 736. The lowest BCUT2D eigenvalue weighted by Crippen LogP contribution is -2.54. The number of carbonyl (C=O) groups is 3. The van der Waals surface area contributed by atoms with Crippen LogP contribution in [0, 0.1) is 22.7 Å². The predicted molar refractivity (Wildman–Crippen MR) is 109 cm³/mol. The molecule has 0 bridgehead atoms. The van der Waals surface area contributed by atoms with Gasteiger partial charge in [-0.05, 0) is 49.5 Å². The van der Waals surface area contributed by atoms with E-state index >= 15 is 0 Å². The molecule has 2 aliphatic rings. The highest BCUT2D eigenvalue weighted by atomic mass is 16.5. The maximum Gasteiger partial charge on any atom is 0.330 e. The quantitative estimate of drug-likeness (QED) is 0.498. The lowest BCUT2D eigenvalue weighted by Gasteiger charge is -2.56. The molecule has 29 heavy (non-hydrogen) atoms. The van der Waals surface area contributed by atoms with Crippen molar-refractivity contribution in [3.63, 3.8) is 0 Å². The average molecular weight is 407 g/mol. The monoisotopic (exact) mass is 406 g/mol. The number of fused-ring (bicyclic) bond motifs is 1. The maximum absolute atomic E-state index is 12.9. The Morgan fingerprint density at radius 3 is 2.66 bits per heavy atom. The number of allylic oxidation sites excluding steroid dienone is 3. The average Bonchev–Trinajstić information content (AvgIpc) is 2.65. The number of ketones is 2. The molecule has 6 heteroatoms. The molecule has 6 nitrogen and oxygen atoms in total. The van der Waals surface area contributed by atoms with Gasteiger partial charge in [0, 0.05) is 24.8 Å². The molecule has 0 saturated heterocycles. The number of aliphatic hydroxyl groups is 2. The predicted octanol–water partition coefficient (Wildman–Crippen LogP) is 2.77. The van der Waals surface area contributed by atoms with Crippen molar-refractivity contribution in [3.8, 4) is 0 Å². The van der Waals surface area contributed by atoms with Crippen molar-refractivity contribution >= 4 is 17.5 Å². The molecule has 0 spiro atoms. The van der Waals surface area contributed by atoms with Crippen molar-refractivity contribution < 1.29 is 29.3 Å². The summed E-state index contributed by atoms with van der Waals surface area (Å²) in [6.45, 7) is 9.23. The van der Waals surface area contributed by atoms with Crippen LogP contribution in [-0.4, -0.2) is 47.1 Å². The Morgan fingerprint density at radius 2 is 2.03 bits per heavy atom. The summed E-state index contributed by atoms with van der Waals surface area (Å²) in [5.74, 6) is -0.286. The van der Waals surface area contributed by atoms with E-state index in [0.29, 0.717) is 25.7 Å². The number of ether oxygens (including phenoxy) is 1. The molecule has 0 radical (unpaired) electrons. The molecule has 5 unspecified atom stereocenters. The molecule has 0 aromatic rings. The lowest BCUT2D eigenvalue weighted by atomic mass is 9.46. The normalized spacial score (nSPS) is 33.8. The Balaban J connectivity index is 2.15. The van der Waals surface area contributed by atoms with Crippen LogP contribution in [0.1, 0.15) is 60.3 Å². The third-order valence-corrected chi connectivity index (χ3v) is 7.31. The second-order valence-electron chi connectivity index (χ2n) is 9.30. The SMILES string of the molecule is CC(=CC(=O)OCC(O)CO)CCC1(C)C(C)C(=O)CC2(C)C(C)=CC(=O)CC21. The highest BCUT2D eigenvalue weighted by Crippen LogP contribution is 2.60. The zero-order valence-corrected chi connectivity index (χ0v) is 18.2. The van der Waals surface area contributed by atoms with E-state index in [-0.39, 0.29) is 40.8 Å². The summed E-state index contributed by atoms with van der Waals surface area (Å²) in [4.78, 5) is 37.1. The molecule has 0 aromatic heterocycles. The second-order valence-corrected chi connectivity index (χ2v) is 9.30.